The van der Waals surface area contributed by atoms with Crippen molar-refractivity contribution in [2.45, 2.75) is 59.0 Å². The molecule has 1 heterocycles. The summed E-state index contributed by atoms with van der Waals surface area (Å²) in [5.41, 5.74) is 2.96. The van der Waals surface area contributed by atoms with Gasteiger partial charge in [-0.3, -0.25) is 4.90 Å². The Morgan fingerprint density at radius 2 is 1.77 bits per heavy atom. The van der Waals surface area contributed by atoms with Gasteiger partial charge in [-0.05, 0) is 49.7 Å². The van der Waals surface area contributed by atoms with Crippen molar-refractivity contribution in [2.24, 2.45) is 10.4 Å². The molecule has 1 saturated heterocycles. The molecule has 2 fully saturated rings. The number of hydrogen-bond donors (Lipinski definition) is 2. The lowest BCUT2D eigenvalue weighted by molar-refractivity contribution is 0.0342. The van der Waals surface area contributed by atoms with Crippen LogP contribution in [0.2, 0.25) is 0 Å². The Kier molecular flexibility index (Phi) is 10.1. The van der Waals surface area contributed by atoms with E-state index >= 15 is 0 Å². The largest absolute Gasteiger partial charge is 0.382 e. The molecule has 6 heteroatoms. The summed E-state index contributed by atoms with van der Waals surface area (Å²) in [4.78, 5) is 7.31. The molecular formula is C25H42N4O2. The molecule has 0 bridgehead atoms. The predicted molar refractivity (Wildman–Crippen MR) is 127 cm³/mol. The Hall–Kier alpha value is -1.63. The second-order valence-electron chi connectivity index (χ2n) is 8.91. The number of guanidine groups is 1. The molecule has 1 saturated carbocycles. The molecule has 1 aromatic carbocycles. The smallest absolute Gasteiger partial charge is 0.191 e. The summed E-state index contributed by atoms with van der Waals surface area (Å²) in [7, 11) is 0. The van der Waals surface area contributed by atoms with E-state index in [1.807, 2.05) is 0 Å². The third-order valence-electron chi connectivity index (χ3n) is 6.57. The van der Waals surface area contributed by atoms with Gasteiger partial charge in [-0.1, -0.05) is 37.1 Å². The molecule has 6 nitrogen and oxygen atoms in total. The minimum absolute atomic E-state index is 0.354. The van der Waals surface area contributed by atoms with Crippen molar-refractivity contribution in [1.29, 1.82) is 0 Å². The zero-order valence-electron chi connectivity index (χ0n) is 19.6. The topological polar surface area (TPSA) is 58.1 Å². The third-order valence-corrected chi connectivity index (χ3v) is 6.57. The fourth-order valence-electron chi connectivity index (χ4n) is 4.62. The first-order valence-corrected chi connectivity index (χ1v) is 12.2. The number of rotatable bonds is 11. The van der Waals surface area contributed by atoms with Gasteiger partial charge in [-0.2, -0.15) is 0 Å². The highest BCUT2D eigenvalue weighted by atomic mass is 16.5. The highest BCUT2D eigenvalue weighted by molar-refractivity contribution is 5.79. The van der Waals surface area contributed by atoms with Crippen LogP contribution >= 0.6 is 0 Å². The van der Waals surface area contributed by atoms with E-state index in [1.165, 1.54) is 36.8 Å². The maximum Gasteiger partial charge on any atom is 0.191 e. The fourth-order valence-corrected chi connectivity index (χ4v) is 4.62. The van der Waals surface area contributed by atoms with Gasteiger partial charge in [0.25, 0.3) is 0 Å². The van der Waals surface area contributed by atoms with Crippen LogP contribution in [0.25, 0.3) is 0 Å². The number of morpholine rings is 1. The van der Waals surface area contributed by atoms with Crippen molar-refractivity contribution in [3.8, 4) is 0 Å². The molecular weight excluding hydrogens is 388 g/mol. The first-order chi connectivity index (χ1) is 15.2. The van der Waals surface area contributed by atoms with Crippen molar-refractivity contribution < 1.29 is 9.47 Å². The number of ether oxygens (including phenoxy) is 2. The monoisotopic (exact) mass is 430 g/mol. The molecule has 1 aliphatic carbocycles. The van der Waals surface area contributed by atoms with Crippen molar-refractivity contribution >= 4 is 5.96 Å². The maximum atomic E-state index is 5.65. The van der Waals surface area contributed by atoms with Crippen LogP contribution in [0.3, 0.4) is 0 Å². The van der Waals surface area contributed by atoms with Crippen LogP contribution in [0.1, 0.15) is 57.1 Å². The first-order valence-electron chi connectivity index (χ1n) is 12.2. The molecule has 0 unspecified atom stereocenters. The van der Waals surface area contributed by atoms with Crippen molar-refractivity contribution in [3.63, 3.8) is 0 Å². The van der Waals surface area contributed by atoms with Gasteiger partial charge in [0.1, 0.15) is 0 Å². The van der Waals surface area contributed by atoms with Gasteiger partial charge in [0.15, 0.2) is 5.96 Å². The average Bonchev–Trinajstić information content (AvgIpc) is 3.27. The maximum absolute atomic E-state index is 5.65. The molecule has 1 aliphatic heterocycles. The van der Waals surface area contributed by atoms with Crippen LogP contribution in [0, 0.1) is 5.41 Å². The van der Waals surface area contributed by atoms with Gasteiger partial charge in [0.05, 0.1) is 19.8 Å². The van der Waals surface area contributed by atoms with Crippen LogP contribution in [0.5, 0.6) is 0 Å². The Labute approximate surface area is 188 Å². The van der Waals surface area contributed by atoms with Crippen LogP contribution in [0.4, 0.5) is 0 Å². The van der Waals surface area contributed by atoms with Crippen LogP contribution < -0.4 is 10.6 Å². The number of nitrogens with one attached hydrogen (secondary N) is 2. The van der Waals surface area contributed by atoms with Crippen LogP contribution in [-0.4, -0.2) is 63.5 Å². The fraction of sp³-hybridized carbons (Fsp3) is 0.720. The van der Waals surface area contributed by atoms with E-state index < -0.39 is 0 Å². The van der Waals surface area contributed by atoms with Gasteiger partial charge >= 0.3 is 0 Å². The van der Waals surface area contributed by atoms with E-state index in [9.17, 15) is 0 Å². The molecule has 0 aromatic heterocycles. The Morgan fingerprint density at radius 3 is 2.45 bits per heavy atom. The van der Waals surface area contributed by atoms with Gasteiger partial charge in [0.2, 0.25) is 0 Å². The summed E-state index contributed by atoms with van der Waals surface area (Å²) in [6, 6.07) is 8.90. The molecule has 3 rings (SSSR count). The molecule has 2 N–H and O–H groups in total. The summed E-state index contributed by atoms with van der Waals surface area (Å²) in [5.74, 6) is 0.919. The molecule has 2 aliphatic rings. The molecule has 174 valence electrons. The SMILES string of the molecule is CCNC(=NCc1ccc(CN2CCOCC2)cc1)NCC1(CCOCC)CCCC1. The van der Waals surface area contributed by atoms with Crippen LogP contribution in [-0.2, 0) is 22.6 Å². The van der Waals surface area contributed by atoms with E-state index in [1.54, 1.807) is 0 Å². The second-order valence-corrected chi connectivity index (χ2v) is 8.91. The number of benzene rings is 1. The Morgan fingerprint density at radius 1 is 1.06 bits per heavy atom. The normalized spacial score (nSPS) is 19.5. The van der Waals surface area contributed by atoms with Crippen molar-refractivity contribution in [1.82, 2.24) is 15.5 Å². The van der Waals surface area contributed by atoms with Gasteiger partial charge in [-0.25, -0.2) is 4.99 Å². The molecule has 0 radical (unpaired) electrons. The summed E-state index contributed by atoms with van der Waals surface area (Å²) in [6.45, 7) is 13.1. The highest BCUT2D eigenvalue weighted by Gasteiger charge is 2.33. The molecule has 31 heavy (non-hydrogen) atoms. The second kappa shape index (κ2) is 13.0. The van der Waals surface area contributed by atoms with Gasteiger partial charge < -0.3 is 20.1 Å². The van der Waals surface area contributed by atoms with E-state index in [0.717, 1.165) is 71.5 Å². The summed E-state index contributed by atoms with van der Waals surface area (Å²) >= 11 is 0. The Bertz CT molecular complexity index is 650. The predicted octanol–water partition coefficient (Wildman–Crippen LogP) is 3.56. The van der Waals surface area contributed by atoms with E-state index in [-0.39, 0.29) is 0 Å². The van der Waals surface area contributed by atoms with Gasteiger partial charge in [-0.15, -0.1) is 0 Å². The lowest BCUT2D eigenvalue weighted by atomic mass is 9.83. The zero-order valence-corrected chi connectivity index (χ0v) is 19.6. The summed E-state index contributed by atoms with van der Waals surface area (Å²) in [6.07, 6.45) is 6.38. The first kappa shape index (κ1) is 24.0. The minimum Gasteiger partial charge on any atom is -0.382 e. The van der Waals surface area contributed by atoms with Crippen molar-refractivity contribution in [2.75, 3.05) is 52.6 Å². The van der Waals surface area contributed by atoms with E-state index in [2.05, 4.69) is 53.6 Å². The quantitative estimate of drug-likeness (QED) is 0.319. The number of aliphatic imine (C=N–C) groups is 1. The lowest BCUT2D eigenvalue weighted by Gasteiger charge is -2.30. The van der Waals surface area contributed by atoms with Crippen LogP contribution in [0.15, 0.2) is 29.3 Å². The number of hydrogen-bond acceptors (Lipinski definition) is 4. The van der Waals surface area contributed by atoms with E-state index in [0.29, 0.717) is 12.0 Å². The molecule has 0 amide bonds. The van der Waals surface area contributed by atoms with E-state index in [4.69, 9.17) is 14.5 Å². The third kappa shape index (κ3) is 8.09. The summed E-state index contributed by atoms with van der Waals surface area (Å²) in [5, 5.41) is 7.05. The number of nitrogens with zero attached hydrogens (tertiary/aromatic N) is 2. The standard InChI is InChI=1S/C25H42N4O2/c1-3-26-24(28-21-25(11-5-6-12-25)13-16-30-4-2)27-19-22-7-9-23(10-8-22)20-29-14-17-31-18-15-29/h7-10H,3-6,11-21H2,1-2H3,(H2,26,27,28). The minimum atomic E-state index is 0.354. The van der Waals surface area contributed by atoms with Crippen molar-refractivity contribution in [3.05, 3.63) is 35.4 Å². The Balaban J connectivity index is 1.51. The summed E-state index contributed by atoms with van der Waals surface area (Å²) < 4.78 is 11.1. The molecule has 1 aromatic rings. The lowest BCUT2D eigenvalue weighted by Crippen LogP contribution is -2.43. The zero-order chi connectivity index (χ0) is 21.8. The highest BCUT2D eigenvalue weighted by Crippen LogP contribution is 2.40. The van der Waals surface area contributed by atoms with Gasteiger partial charge in [0, 0.05) is 45.9 Å². The molecule has 0 spiro atoms. The molecule has 0 atom stereocenters. The average molecular weight is 431 g/mol.